The highest BCUT2D eigenvalue weighted by Gasteiger charge is 2.23. The van der Waals surface area contributed by atoms with Gasteiger partial charge < -0.3 is 9.88 Å². The normalized spacial score (nSPS) is 13.9. The molecule has 170 valence electrons. The van der Waals surface area contributed by atoms with Crippen molar-refractivity contribution in [3.8, 4) is 11.3 Å². The van der Waals surface area contributed by atoms with E-state index in [1.807, 2.05) is 24.6 Å². The van der Waals surface area contributed by atoms with Gasteiger partial charge in [0.2, 0.25) is 0 Å². The first-order valence-corrected chi connectivity index (χ1v) is 11.8. The molecule has 1 heterocycles. The molecular formula is C26H31Cl2N3O. The SMILES string of the molecule is Cc1c(-c2ccc(Cl)cc2Cl)nc(C(=O)NC2CCCCC2)n1C.Cc1ccc(C)cc1. The zero-order valence-electron chi connectivity index (χ0n) is 19.2. The molecule has 4 rings (SSSR count). The Morgan fingerprint density at radius 1 is 0.969 bits per heavy atom. The van der Waals surface area contributed by atoms with Gasteiger partial charge in [-0.2, -0.15) is 0 Å². The Kier molecular flexibility index (Phi) is 8.38. The number of carbonyl (C=O) groups excluding carboxylic acids is 1. The quantitative estimate of drug-likeness (QED) is 0.443. The summed E-state index contributed by atoms with van der Waals surface area (Å²) in [6, 6.07) is 14.0. The van der Waals surface area contributed by atoms with Crippen LogP contribution in [0.5, 0.6) is 0 Å². The smallest absolute Gasteiger partial charge is 0.287 e. The average Bonchev–Trinajstić information content (AvgIpc) is 3.06. The average molecular weight is 472 g/mol. The lowest BCUT2D eigenvalue weighted by Crippen LogP contribution is -2.37. The van der Waals surface area contributed by atoms with Crippen molar-refractivity contribution in [3.63, 3.8) is 0 Å². The number of rotatable bonds is 3. The third-order valence-corrected chi connectivity index (χ3v) is 6.48. The van der Waals surface area contributed by atoms with Gasteiger partial charge in [0, 0.05) is 29.4 Å². The van der Waals surface area contributed by atoms with Crippen molar-refractivity contribution in [3.05, 3.63) is 75.2 Å². The summed E-state index contributed by atoms with van der Waals surface area (Å²) in [6.07, 6.45) is 5.70. The number of hydrogen-bond acceptors (Lipinski definition) is 2. The van der Waals surface area contributed by atoms with Gasteiger partial charge in [0.15, 0.2) is 5.82 Å². The van der Waals surface area contributed by atoms with Crippen LogP contribution in [-0.4, -0.2) is 21.5 Å². The highest BCUT2D eigenvalue weighted by atomic mass is 35.5. The molecule has 1 aromatic heterocycles. The number of hydrogen-bond donors (Lipinski definition) is 1. The molecule has 1 aliphatic carbocycles. The van der Waals surface area contributed by atoms with Gasteiger partial charge in [0.25, 0.3) is 5.91 Å². The minimum Gasteiger partial charge on any atom is -0.347 e. The Balaban J connectivity index is 0.000000305. The van der Waals surface area contributed by atoms with Crippen LogP contribution in [0, 0.1) is 20.8 Å². The molecule has 1 amide bonds. The van der Waals surface area contributed by atoms with Crippen LogP contribution in [0.3, 0.4) is 0 Å². The van der Waals surface area contributed by atoms with Crippen molar-refractivity contribution in [1.29, 1.82) is 0 Å². The third kappa shape index (κ3) is 6.14. The molecule has 32 heavy (non-hydrogen) atoms. The van der Waals surface area contributed by atoms with E-state index in [2.05, 4.69) is 48.4 Å². The zero-order valence-corrected chi connectivity index (χ0v) is 20.7. The highest BCUT2D eigenvalue weighted by Crippen LogP contribution is 2.32. The maximum absolute atomic E-state index is 12.6. The molecule has 2 aromatic carbocycles. The number of aromatic nitrogens is 2. The van der Waals surface area contributed by atoms with E-state index in [4.69, 9.17) is 23.2 Å². The minimum atomic E-state index is -0.121. The van der Waals surface area contributed by atoms with E-state index in [0.29, 0.717) is 21.6 Å². The van der Waals surface area contributed by atoms with Crippen LogP contribution >= 0.6 is 23.2 Å². The fourth-order valence-electron chi connectivity index (χ4n) is 3.85. The summed E-state index contributed by atoms with van der Waals surface area (Å²) < 4.78 is 1.82. The predicted octanol–water partition coefficient (Wildman–Crippen LogP) is 7.07. The molecule has 0 spiro atoms. The van der Waals surface area contributed by atoms with Gasteiger partial charge in [-0.05, 0) is 51.8 Å². The summed E-state index contributed by atoms with van der Waals surface area (Å²) >= 11 is 12.3. The van der Waals surface area contributed by atoms with E-state index in [0.717, 1.165) is 24.1 Å². The van der Waals surface area contributed by atoms with Crippen molar-refractivity contribution in [1.82, 2.24) is 14.9 Å². The summed E-state index contributed by atoms with van der Waals surface area (Å²) in [5.41, 5.74) is 5.05. The predicted molar refractivity (Wildman–Crippen MR) is 134 cm³/mol. The van der Waals surface area contributed by atoms with Crippen molar-refractivity contribution < 1.29 is 4.79 Å². The van der Waals surface area contributed by atoms with E-state index in [1.54, 1.807) is 12.1 Å². The summed E-state index contributed by atoms with van der Waals surface area (Å²) in [5, 5.41) is 4.22. The van der Waals surface area contributed by atoms with Crippen LogP contribution in [0.1, 0.15) is 59.5 Å². The van der Waals surface area contributed by atoms with Crippen LogP contribution in [0.2, 0.25) is 10.0 Å². The molecule has 4 nitrogen and oxygen atoms in total. The van der Waals surface area contributed by atoms with Gasteiger partial charge in [-0.1, -0.05) is 77.9 Å². The van der Waals surface area contributed by atoms with Crippen molar-refractivity contribution in [2.24, 2.45) is 7.05 Å². The summed E-state index contributed by atoms with van der Waals surface area (Å²) in [4.78, 5) is 17.2. The fourth-order valence-corrected chi connectivity index (χ4v) is 4.35. The first kappa shape index (κ1) is 24.3. The maximum atomic E-state index is 12.6. The maximum Gasteiger partial charge on any atom is 0.287 e. The Hall–Kier alpha value is -2.30. The topological polar surface area (TPSA) is 46.9 Å². The number of aryl methyl sites for hydroxylation is 2. The molecule has 6 heteroatoms. The molecular weight excluding hydrogens is 441 g/mol. The van der Waals surface area contributed by atoms with E-state index in [-0.39, 0.29) is 11.9 Å². The number of halogens is 2. The zero-order chi connectivity index (χ0) is 23.3. The molecule has 0 unspecified atom stereocenters. The number of imidazole rings is 1. The summed E-state index contributed by atoms with van der Waals surface area (Å²) in [6.45, 7) is 6.13. The van der Waals surface area contributed by atoms with Crippen LogP contribution in [0.15, 0.2) is 42.5 Å². The molecule has 1 saturated carbocycles. The minimum absolute atomic E-state index is 0.121. The second kappa shape index (κ2) is 11.0. The molecule has 1 aliphatic rings. The van der Waals surface area contributed by atoms with Crippen molar-refractivity contribution >= 4 is 29.1 Å². The van der Waals surface area contributed by atoms with Crippen molar-refractivity contribution in [2.75, 3.05) is 0 Å². The lowest BCUT2D eigenvalue weighted by atomic mass is 9.95. The fraction of sp³-hybridized carbons (Fsp3) is 0.385. The Morgan fingerprint density at radius 3 is 2.12 bits per heavy atom. The Bertz CT molecular complexity index is 1050. The van der Waals surface area contributed by atoms with Crippen LogP contribution in [0.25, 0.3) is 11.3 Å². The standard InChI is InChI=1S/C18H21Cl2N3O.C8H10/c1-11-16(14-9-8-12(19)10-15(14)20)22-17(23(11)2)18(24)21-13-6-4-3-5-7-13;1-7-3-5-8(2)6-4-7/h8-10,13H,3-7H2,1-2H3,(H,21,24);3-6H,1-2H3. The van der Waals surface area contributed by atoms with E-state index in [1.165, 1.54) is 30.4 Å². The summed E-state index contributed by atoms with van der Waals surface area (Å²) in [5.74, 6) is 0.294. The van der Waals surface area contributed by atoms with E-state index >= 15 is 0 Å². The van der Waals surface area contributed by atoms with Gasteiger partial charge in [0.1, 0.15) is 0 Å². The number of amides is 1. The number of carbonyl (C=O) groups is 1. The molecule has 3 aromatic rings. The lowest BCUT2D eigenvalue weighted by Gasteiger charge is -2.22. The Morgan fingerprint density at radius 2 is 1.56 bits per heavy atom. The van der Waals surface area contributed by atoms with Gasteiger partial charge in [-0.3, -0.25) is 4.79 Å². The van der Waals surface area contributed by atoms with Crippen LogP contribution in [0.4, 0.5) is 0 Å². The third-order valence-electron chi connectivity index (χ3n) is 5.93. The molecule has 1 fully saturated rings. The number of benzene rings is 2. The molecule has 0 aliphatic heterocycles. The number of nitrogens with zero attached hydrogens (tertiary/aromatic N) is 2. The molecule has 0 radical (unpaired) electrons. The van der Waals surface area contributed by atoms with Crippen LogP contribution < -0.4 is 5.32 Å². The lowest BCUT2D eigenvalue weighted by molar-refractivity contribution is 0.0914. The molecule has 0 saturated heterocycles. The van der Waals surface area contributed by atoms with Gasteiger partial charge >= 0.3 is 0 Å². The molecule has 1 N–H and O–H groups in total. The second-order valence-corrected chi connectivity index (χ2v) is 9.36. The van der Waals surface area contributed by atoms with Gasteiger partial charge in [-0.25, -0.2) is 4.98 Å². The summed E-state index contributed by atoms with van der Waals surface area (Å²) in [7, 11) is 1.85. The number of nitrogens with one attached hydrogen (secondary N) is 1. The second-order valence-electron chi connectivity index (χ2n) is 8.52. The molecule has 0 atom stereocenters. The first-order valence-electron chi connectivity index (χ1n) is 11.1. The van der Waals surface area contributed by atoms with Gasteiger partial charge in [0.05, 0.1) is 10.7 Å². The first-order chi connectivity index (χ1) is 15.3. The monoisotopic (exact) mass is 471 g/mol. The largest absolute Gasteiger partial charge is 0.347 e. The Labute approximate surface area is 201 Å². The van der Waals surface area contributed by atoms with Crippen molar-refractivity contribution in [2.45, 2.75) is 58.9 Å². The van der Waals surface area contributed by atoms with E-state index < -0.39 is 0 Å². The van der Waals surface area contributed by atoms with E-state index in [9.17, 15) is 4.79 Å². The van der Waals surface area contributed by atoms with Gasteiger partial charge in [-0.15, -0.1) is 0 Å². The molecule has 0 bridgehead atoms. The van der Waals surface area contributed by atoms with Crippen LogP contribution in [-0.2, 0) is 7.05 Å². The highest BCUT2D eigenvalue weighted by molar-refractivity contribution is 6.36.